The van der Waals surface area contributed by atoms with Crippen LogP contribution >= 0.6 is 0 Å². The second-order valence-corrected chi connectivity index (χ2v) is 11.3. The quantitative estimate of drug-likeness (QED) is 0.507. The van der Waals surface area contributed by atoms with Gasteiger partial charge in [-0.2, -0.15) is 4.39 Å². The molecule has 3 aromatic rings. The van der Waals surface area contributed by atoms with Crippen LogP contribution in [0.25, 0.3) is 22.4 Å². The predicted molar refractivity (Wildman–Crippen MR) is 136 cm³/mol. The zero-order chi connectivity index (χ0) is 26.1. The van der Waals surface area contributed by atoms with E-state index < -0.39 is 23.2 Å². The summed E-state index contributed by atoms with van der Waals surface area (Å²) in [5.74, 6) is -0.364. The molecule has 10 heteroatoms. The number of hydrogen-bond donors (Lipinski definition) is 2. The van der Waals surface area contributed by atoms with E-state index in [0.29, 0.717) is 34.8 Å². The van der Waals surface area contributed by atoms with Gasteiger partial charge < -0.3 is 15.3 Å². The summed E-state index contributed by atoms with van der Waals surface area (Å²) in [4.78, 5) is 18.5. The van der Waals surface area contributed by atoms with E-state index in [9.17, 15) is 14.3 Å². The lowest BCUT2D eigenvalue weighted by molar-refractivity contribution is 0.0828. The zero-order valence-corrected chi connectivity index (χ0v) is 21.1. The van der Waals surface area contributed by atoms with E-state index in [1.54, 1.807) is 12.1 Å². The van der Waals surface area contributed by atoms with E-state index in [-0.39, 0.29) is 23.4 Å². The second kappa shape index (κ2) is 8.31. The maximum absolute atomic E-state index is 15.8. The highest BCUT2D eigenvalue weighted by Crippen LogP contribution is 2.47. The summed E-state index contributed by atoms with van der Waals surface area (Å²) in [5, 5.41) is 22.9. The number of rotatable bonds is 5. The van der Waals surface area contributed by atoms with E-state index >= 15 is 4.39 Å². The molecule has 194 valence electrons. The van der Waals surface area contributed by atoms with Crippen LogP contribution in [0.5, 0.6) is 5.75 Å². The molecule has 3 fully saturated rings. The highest BCUT2D eigenvalue weighted by Gasteiger charge is 2.58. The minimum Gasteiger partial charge on any atom is -0.507 e. The zero-order valence-electron chi connectivity index (χ0n) is 21.1. The summed E-state index contributed by atoms with van der Waals surface area (Å²) >= 11 is 0. The molecule has 8 nitrogen and oxygen atoms in total. The van der Waals surface area contributed by atoms with Crippen LogP contribution in [0.15, 0.2) is 41.3 Å². The number of benzene rings is 1. The van der Waals surface area contributed by atoms with E-state index in [2.05, 4.69) is 27.4 Å². The van der Waals surface area contributed by atoms with Gasteiger partial charge in [0.15, 0.2) is 5.95 Å². The molecule has 0 radical (unpaired) electrons. The number of phenolic OH excluding ortho intramolecular Hbond substituents is 1. The number of aromatic nitrogens is 4. The van der Waals surface area contributed by atoms with E-state index in [0.717, 1.165) is 30.3 Å². The number of nitrogens with zero attached hydrogens (tertiary/aromatic N) is 5. The fraction of sp³-hybridized carbons (Fsp3) is 0.481. The smallest absolute Gasteiger partial charge is 0.253 e. The summed E-state index contributed by atoms with van der Waals surface area (Å²) in [7, 11) is 1.35. The van der Waals surface area contributed by atoms with Crippen molar-refractivity contribution in [1.29, 1.82) is 0 Å². The van der Waals surface area contributed by atoms with Crippen LogP contribution < -0.4 is 15.8 Å². The number of alkyl halides is 1. The van der Waals surface area contributed by atoms with E-state index in [1.165, 1.54) is 31.4 Å². The maximum atomic E-state index is 15.8. The molecule has 3 aliphatic rings. The van der Waals surface area contributed by atoms with Gasteiger partial charge >= 0.3 is 0 Å². The molecule has 2 aromatic heterocycles. The van der Waals surface area contributed by atoms with Crippen molar-refractivity contribution in [1.82, 2.24) is 25.1 Å². The summed E-state index contributed by atoms with van der Waals surface area (Å²) in [6, 6.07) is 7.19. The standard InChI is InChI=1S/C27H30F2N6O2/c1-26-8-9-27(2,33-26)24(29)20(13-26)35(17-5-6-17)25-30-14-19(31-32-25)18-7-4-15(10-21(18)36)16-11-22(28)34(3)23(37)12-16/h4,7,10-12,14,17,20,24,33,36H,5-6,8-9,13H2,1-3H3/t20-,24-,26-,27+/m1/s1. The van der Waals surface area contributed by atoms with Crippen LogP contribution in [-0.2, 0) is 7.05 Å². The highest BCUT2D eigenvalue weighted by molar-refractivity contribution is 5.73. The van der Waals surface area contributed by atoms with Gasteiger partial charge in [0.25, 0.3) is 5.56 Å². The molecule has 0 amide bonds. The molecule has 1 aliphatic carbocycles. The van der Waals surface area contributed by atoms with Gasteiger partial charge in [-0.15, -0.1) is 10.2 Å². The summed E-state index contributed by atoms with van der Waals surface area (Å²) in [5.41, 5.74) is 0.470. The number of piperidine rings is 1. The molecule has 2 aliphatic heterocycles. The Morgan fingerprint density at radius 2 is 1.92 bits per heavy atom. The number of hydrogen-bond acceptors (Lipinski definition) is 7. The average Bonchev–Trinajstić information content (AvgIpc) is 3.66. The van der Waals surface area contributed by atoms with Crippen molar-refractivity contribution >= 4 is 5.95 Å². The number of nitrogens with one attached hydrogen (secondary N) is 1. The highest BCUT2D eigenvalue weighted by atomic mass is 19.1. The summed E-state index contributed by atoms with van der Waals surface area (Å²) in [6.45, 7) is 4.13. The van der Waals surface area contributed by atoms with Crippen molar-refractivity contribution in [3.63, 3.8) is 0 Å². The Labute approximate surface area is 213 Å². The maximum Gasteiger partial charge on any atom is 0.253 e. The van der Waals surface area contributed by atoms with E-state index in [4.69, 9.17) is 0 Å². The minimum atomic E-state index is -1.05. The SMILES string of the molecule is Cn1c(F)cc(-c2ccc(-c3cnc(N(C4CC4)[C@@H]4C[C@@]5(C)CC[C@](C)(N5)[C@@H]4F)nn3)c(O)c2)cc1=O. The third-order valence-electron chi connectivity index (χ3n) is 8.28. The Kier molecular flexibility index (Phi) is 5.38. The molecule has 0 spiro atoms. The van der Waals surface area contributed by atoms with Gasteiger partial charge in [-0.3, -0.25) is 9.36 Å². The van der Waals surface area contributed by atoms with Gasteiger partial charge in [-0.1, -0.05) is 6.07 Å². The molecule has 1 aromatic carbocycles. The lowest BCUT2D eigenvalue weighted by Gasteiger charge is -2.48. The van der Waals surface area contributed by atoms with Crippen molar-refractivity contribution in [2.75, 3.05) is 4.90 Å². The van der Waals surface area contributed by atoms with E-state index in [1.807, 2.05) is 11.8 Å². The largest absolute Gasteiger partial charge is 0.507 e. The molecule has 37 heavy (non-hydrogen) atoms. The topological polar surface area (TPSA) is 96.2 Å². The lowest BCUT2D eigenvalue weighted by atomic mass is 9.82. The van der Waals surface area contributed by atoms with Crippen LogP contribution in [-0.4, -0.2) is 54.2 Å². The Balaban J connectivity index is 1.28. The molecule has 2 saturated heterocycles. The first-order valence-electron chi connectivity index (χ1n) is 12.7. The molecular weight excluding hydrogens is 478 g/mol. The number of aromatic hydroxyl groups is 1. The number of phenols is 1. The average molecular weight is 509 g/mol. The first kappa shape index (κ1) is 24.0. The van der Waals surface area contributed by atoms with Crippen LogP contribution in [0.2, 0.25) is 0 Å². The Bertz CT molecular complexity index is 1430. The summed E-state index contributed by atoms with van der Waals surface area (Å²) in [6.07, 6.45) is 4.85. The summed E-state index contributed by atoms with van der Waals surface area (Å²) < 4.78 is 30.7. The molecule has 4 atom stereocenters. The van der Waals surface area contributed by atoms with Gasteiger partial charge in [0.1, 0.15) is 17.6 Å². The van der Waals surface area contributed by atoms with Crippen molar-refractivity contribution in [3.05, 3.63) is 52.8 Å². The lowest BCUT2D eigenvalue weighted by Crippen LogP contribution is -2.66. The molecular formula is C27H30F2N6O2. The van der Waals surface area contributed by atoms with Crippen LogP contribution in [0.4, 0.5) is 14.7 Å². The molecule has 4 heterocycles. The Morgan fingerprint density at radius 1 is 1.14 bits per heavy atom. The third kappa shape index (κ3) is 4.07. The first-order chi connectivity index (χ1) is 17.6. The van der Waals surface area contributed by atoms with Crippen molar-refractivity contribution in [2.45, 2.75) is 75.3 Å². The molecule has 1 saturated carbocycles. The van der Waals surface area contributed by atoms with Crippen molar-refractivity contribution in [3.8, 4) is 28.1 Å². The predicted octanol–water partition coefficient (Wildman–Crippen LogP) is 3.73. The number of fused-ring (bicyclic) bond motifs is 2. The number of anilines is 1. The number of pyridine rings is 1. The Hall–Kier alpha value is -3.40. The van der Waals surface area contributed by atoms with Gasteiger partial charge in [-0.05, 0) is 75.3 Å². The molecule has 0 unspecified atom stereocenters. The second-order valence-electron chi connectivity index (χ2n) is 11.3. The van der Waals surface area contributed by atoms with Crippen LogP contribution in [0.1, 0.15) is 46.0 Å². The first-order valence-corrected chi connectivity index (χ1v) is 12.7. The van der Waals surface area contributed by atoms with Crippen LogP contribution in [0.3, 0.4) is 0 Å². The third-order valence-corrected chi connectivity index (χ3v) is 8.28. The molecule has 6 rings (SSSR count). The van der Waals surface area contributed by atoms with Gasteiger partial charge in [-0.25, -0.2) is 9.37 Å². The van der Waals surface area contributed by atoms with Gasteiger partial charge in [0, 0.05) is 35.8 Å². The normalized spacial score (nSPS) is 28.9. The Morgan fingerprint density at radius 3 is 2.57 bits per heavy atom. The van der Waals surface area contributed by atoms with Crippen LogP contribution in [0, 0.1) is 5.95 Å². The van der Waals surface area contributed by atoms with Gasteiger partial charge in [0.2, 0.25) is 5.95 Å². The molecule has 2 bridgehead atoms. The number of halogens is 2. The monoisotopic (exact) mass is 508 g/mol. The minimum absolute atomic E-state index is 0.0962. The van der Waals surface area contributed by atoms with Gasteiger partial charge in [0.05, 0.1) is 12.2 Å². The fourth-order valence-electron chi connectivity index (χ4n) is 6.08. The van der Waals surface area contributed by atoms with Crippen molar-refractivity contribution in [2.24, 2.45) is 7.05 Å². The van der Waals surface area contributed by atoms with Crippen molar-refractivity contribution < 1.29 is 13.9 Å². The fourth-order valence-corrected chi connectivity index (χ4v) is 6.08. The molecule has 2 N–H and O–H groups in total.